The van der Waals surface area contributed by atoms with Crippen LogP contribution in [0, 0.1) is 0 Å². The number of hydrogen-bond donors (Lipinski definition) is 2. The normalized spacial score (nSPS) is 14.4. The van der Waals surface area contributed by atoms with Crippen LogP contribution in [0.25, 0.3) is 0 Å². The molecule has 1 fully saturated rings. The van der Waals surface area contributed by atoms with Crippen molar-refractivity contribution in [2.24, 2.45) is 0 Å². The summed E-state index contributed by atoms with van der Waals surface area (Å²) in [5.74, 6) is 1.00. The zero-order valence-corrected chi connectivity index (χ0v) is 18.4. The van der Waals surface area contributed by atoms with Crippen molar-refractivity contribution in [3.63, 3.8) is 0 Å². The summed E-state index contributed by atoms with van der Waals surface area (Å²) in [6.07, 6.45) is 5.56. The van der Waals surface area contributed by atoms with E-state index in [0.29, 0.717) is 19.7 Å². The number of amides is 2. The van der Waals surface area contributed by atoms with E-state index in [4.69, 9.17) is 4.74 Å². The van der Waals surface area contributed by atoms with Gasteiger partial charge in [0.05, 0.1) is 12.2 Å². The van der Waals surface area contributed by atoms with Gasteiger partial charge in [0.15, 0.2) is 0 Å². The molecule has 0 aliphatic carbocycles. The van der Waals surface area contributed by atoms with Gasteiger partial charge in [-0.1, -0.05) is 24.3 Å². The summed E-state index contributed by atoms with van der Waals surface area (Å²) in [6.45, 7) is 9.77. The van der Waals surface area contributed by atoms with Gasteiger partial charge >= 0.3 is 6.03 Å². The van der Waals surface area contributed by atoms with E-state index >= 15 is 0 Å². The summed E-state index contributed by atoms with van der Waals surface area (Å²) in [5.41, 5.74) is 3.04. The third kappa shape index (κ3) is 7.34. The van der Waals surface area contributed by atoms with E-state index in [2.05, 4.69) is 32.7 Å². The number of carbonyl (C=O) groups is 1. The molecular formula is C24H34N4O2. The van der Waals surface area contributed by atoms with E-state index < -0.39 is 0 Å². The van der Waals surface area contributed by atoms with Gasteiger partial charge in [0.2, 0.25) is 0 Å². The van der Waals surface area contributed by atoms with Gasteiger partial charge in [0.1, 0.15) is 5.82 Å². The minimum atomic E-state index is -0.178. The first-order valence-corrected chi connectivity index (χ1v) is 10.8. The number of benzene rings is 1. The molecule has 162 valence electrons. The number of pyridine rings is 1. The van der Waals surface area contributed by atoms with Crippen molar-refractivity contribution in [1.29, 1.82) is 0 Å². The molecule has 2 amide bonds. The molecule has 0 unspecified atom stereocenters. The molecule has 6 nitrogen and oxygen atoms in total. The first-order valence-electron chi connectivity index (χ1n) is 10.8. The predicted molar refractivity (Wildman–Crippen MR) is 120 cm³/mol. The Morgan fingerprint density at radius 2 is 1.67 bits per heavy atom. The number of hydrogen-bond acceptors (Lipinski definition) is 4. The van der Waals surface area contributed by atoms with Crippen LogP contribution >= 0.6 is 0 Å². The average Bonchev–Trinajstić information content (AvgIpc) is 2.75. The van der Waals surface area contributed by atoms with Gasteiger partial charge in [0.25, 0.3) is 0 Å². The van der Waals surface area contributed by atoms with Crippen molar-refractivity contribution in [2.75, 3.05) is 18.0 Å². The fraction of sp³-hybridized carbons (Fsp3) is 0.500. The summed E-state index contributed by atoms with van der Waals surface area (Å²) in [7, 11) is 0. The number of anilines is 1. The molecule has 2 N–H and O–H groups in total. The Morgan fingerprint density at radius 1 is 1.00 bits per heavy atom. The third-order valence-corrected chi connectivity index (χ3v) is 5.06. The lowest BCUT2D eigenvalue weighted by molar-refractivity contribution is -0.0149. The highest BCUT2D eigenvalue weighted by atomic mass is 16.5. The van der Waals surface area contributed by atoms with Crippen LogP contribution in [-0.4, -0.2) is 29.7 Å². The van der Waals surface area contributed by atoms with Crippen molar-refractivity contribution < 1.29 is 9.53 Å². The number of urea groups is 1. The minimum Gasteiger partial charge on any atom is -0.371 e. The van der Waals surface area contributed by atoms with Gasteiger partial charge in [-0.05, 0) is 68.9 Å². The fourth-order valence-electron chi connectivity index (χ4n) is 3.42. The number of piperidine rings is 1. The van der Waals surface area contributed by atoms with Gasteiger partial charge < -0.3 is 20.3 Å². The maximum absolute atomic E-state index is 12.2. The Balaban J connectivity index is 1.45. The molecule has 2 aromatic rings. The van der Waals surface area contributed by atoms with E-state index in [1.807, 2.05) is 51.2 Å². The van der Waals surface area contributed by atoms with Crippen LogP contribution in [0.15, 0.2) is 42.6 Å². The number of aromatic nitrogens is 1. The molecule has 0 atom stereocenters. The number of nitrogens with zero attached hydrogens (tertiary/aromatic N) is 2. The van der Waals surface area contributed by atoms with Crippen molar-refractivity contribution in [3.05, 3.63) is 59.3 Å². The lowest BCUT2D eigenvalue weighted by Crippen LogP contribution is -2.34. The fourth-order valence-corrected chi connectivity index (χ4v) is 3.42. The molecule has 1 aliphatic heterocycles. The maximum atomic E-state index is 12.2. The molecule has 2 heterocycles. The second-order valence-corrected chi connectivity index (χ2v) is 8.83. The van der Waals surface area contributed by atoms with Gasteiger partial charge in [0, 0.05) is 32.4 Å². The summed E-state index contributed by atoms with van der Waals surface area (Å²) < 4.78 is 5.83. The quantitative estimate of drug-likeness (QED) is 0.711. The second-order valence-electron chi connectivity index (χ2n) is 8.83. The molecule has 6 heteroatoms. The molecule has 30 heavy (non-hydrogen) atoms. The van der Waals surface area contributed by atoms with Crippen LogP contribution in [0.2, 0.25) is 0 Å². The predicted octanol–water partition coefficient (Wildman–Crippen LogP) is 4.39. The largest absolute Gasteiger partial charge is 0.371 e. The number of ether oxygens (including phenoxy) is 1. The number of carbonyl (C=O) groups excluding carboxylic acids is 1. The standard InChI is InChI=1S/C24H34N4O2/c1-24(2,3)30-18-21-9-7-8-19(14-21)16-26-23(29)27-17-20-10-11-25-22(15-20)28-12-5-4-6-13-28/h7-11,14-15H,4-6,12-13,16-18H2,1-3H3,(H2,26,27,29). The molecule has 1 saturated heterocycles. The highest BCUT2D eigenvalue weighted by Crippen LogP contribution is 2.18. The molecule has 0 radical (unpaired) electrons. The highest BCUT2D eigenvalue weighted by molar-refractivity contribution is 5.73. The number of rotatable bonds is 7. The molecule has 0 saturated carbocycles. The van der Waals surface area contributed by atoms with Crippen LogP contribution < -0.4 is 15.5 Å². The van der Waals surface area contributed by atoms with Crippen molar-refractivity contribution in [1.82, 2.24) is 15.6 Å². The molecular weight excluding hydrogens is 376 g/mol. The third-order valence-electron chi connectivity index (χ3n) is 5.06. The SMILES string of the molecule is CC(C)(C)OCc1cccc(CNC(=O)NCc2ccnc(N3CCCCC3)c2)c1. The van der Waals surface area contributed by atoms with Crippen LogP contribution in [-0.2, 0) is 24.4 Å². The Bertz CT molecular complexity index is 826. The van der Waals surface area contributed by atoms with Gasteiger partial charge in [-0.3, -0.25) is 0 Å². The first-order chi connectivity index (χ1) is 14.4. The Labute approximate surface area is 180 Å². The van der Waals surface area contributed by atoms with E-state index in [9.17, 15) is 4.79 Å². The zero-order valence-electron chi connectivity index (χ0n) is 18.4. The lowest BCUT2D eigenvalue weighted by atomic mass is 10.1. The van der Waals surface area contributed by atoms with Crippen LogP contribution in [0.4, 0.5) is 10.6 Å². The molecule has 0 spiro atoms. The molecule has 1 aromatic carbocycles. The Kier molecular flexibility index (Phi) is 7.69. The van der Waals surface area contributed by atoms with Gasteiger partial charge in [-0.2, -0.15) is 0 Å². The van der Waals surface area contributed by atoms with Gasteiger partial charge in [-0.15, -0.1) is 0 Å². The van der Waals surface area contributed by atoms with E-state index in [-0.39, 0.29) is 11.6 Å². The summed E-state index contributed by atoms with van der Waals surface area (Å²) in [5, 5.41) is 5.87. The van der Waals surface area contributed by atoms with E-state index in [1.165, 1.54) is 19.3 Å². The molecule has 1 aliphatic rings. The lowest BCUT2D eigenvalue weighted by Gasteiger charge is -2.27. The first kappa shape index (κ1) is 22.1. The highest BCUT2D eigenvalue weighted by Gasteiger charge is 2.13. The van der Waals surface area contributed by atoms with E-state index in [1.54, 1.807) is 0 Å². The van der Waals surface area contributed by atoms with Gasteiger partial charge in [-0.25, -0.2) is 9.78 Å². The summed E-state index contributed by atoms with van der Waals surface area (Å²) in [4.78, 5) is 19.1. The Morgan fingerprint density at radius 3 is 2.37 bits per heavy atom. The summed E-state index contributed by atoms with van der Waals surface area (Å²) >= 11 is 0. The maximum Gasteiger partial charge on any atom is 0.315 e. The van der Waals surface area contributed by atoms with Crippen LogP contribution in [0.5, 0.6) is 0 Å². The Hall–Kier alpha value is -2.60. The van der Waals surface area contributed by atoms with Crippen molar-refractivity contribution >= 4 is 11.8 Å². The number of nitrogens with one attached hydrogen (secondary N) is 2. The zero-order chi connectivity index (χ0) is 21.4. The monoisotopic (exact) mass is 410 g/mol. The molecule has 1 aromatic heterocycles. The van der Waals surface area contributed by atoms with Crippen LogP contribution in [0.3, 0.4) is 0 Å². The minimum absolute atomic E-state index is 0.172. The van der Waals surface area contributed by atoms with Crippen LogP contribution in [0.1, 0.15) is 56.7 Å². The van der Waals surface area contributed by atoms with E-state index in [0.717, 1.165) is 35.6 Å². The molecule has 3 rings (SSSR count). The summed E-state index contributed by atoms with van der Waals surface area (Å²) in [6, 6.07) is 12.0. The topological polar surface area (TPSA) is 66.5 Å². The average molecular weight is 411 g/mol. The second kappa shape index (κ2) is 10.4. The van der Waals surface area contributed by atoms with Crippen molar-refractivity contribution in [3.8, 4) is 0 Å². The molecule has 0 bridgehead atoms. The smallest absolute Gasteiger partial charge is 0.315 e. The van der Waals surface area contributed by atoms with Crippen molar-refractivity contribution in [2.45, 2.75) is 65.3 Å².